The molecule has 1 heterocycles. The number of amides is 2. The van der Waals surface area contributed by atoms with Crippen LogP contribution in [0.15, 0.2) is 24.3 Å². The molecule has 0 radical (unpaired) electrons. The van der Waals surface area contributed by atoms with E-state index in [0.717, 1.165) is 30.8 Å². The van der Waals surface area contributed by atoms with Crippen molar-refractivity contribution < 1.29 is 9.90 Å². The van der Waals surface area contributed by atoms with Crippen molar-refractivity contribution in [2.45, 2.75) is 50.6 Å². The number of benzene rings is 1. The molecule has 2 N–H and O–H groups in total. The van der Waals surface area contributed by atoms with Crippen LogP contribution in [-0.2, 0) is 0 Å². The second kappa shape index (κ2) is 7.21. The first-order chi connectivity index (χ1) is 11.2. The van der Waals surface area contributed by atoms with Crippen LogP contribution in [0.1, 0.15) is 38.5 Å². The number of urea groups is 1. The zero-order valence-electron chi connectivity index (χ0n) is 13.9. The number of nitrogens with one attached hydrogen (secondary N) is 1. The van der Waals surface area contributed by atoms with Gasteiger partial charge in [0.1, 0.15) is 0 Å². The lowest BCUT2D eigenvalue weighted by atomic mass is 10.1. The molecule has 1 aromatic carbocycles. The SMILES string of the molecule is CN(c1ccccc1NC(=O)N1CCCC1CO)C1CCCC1. The monoisotopic (exact) mass is 317 g/mol. The fourth-order valence-electron chi connectivity index (χ4n) is 3.86. The topological polar surface area (TPSA) is 55.8 Å². The second-order valence-electron chi connectivity index (χ2n) is 6.67. The van der Waals surface area contributed by atoms with Gasteiger partial charge in [-0.1, -0.05) is 25.0 Å². The van der Waals surface area contributed by atoms with Crippen molar-refractivity contribution in [2.24, 2.45) is 0 Å². The van der Waals surface area contributed by atoms with E-state index in [1.165, 1.54) is 25.7 Å². The summed E-state index contributed by atoms with van der Waals surface area (Å²) in [6.07, 6.45) is 6.86. The highest BCUT2D eigenvalue weighted by molar-refractivity contribution is 5.93. The quantitative estimate of drug-likeness (QED) is 0.897. The van der Waals surface area contributed by atoms with E-state index < -0.39 is 0 Å². The Morgan fingerprint density at radius 3 is 2.74 bits per heavy atom. The summed E-state index contributed by atoms with van der Waals surface area (Å²) >= 11 is 0. The van der Waals surface area contributed by atoms with Gasteiger partial charge in [0.25, 0.3) is 0 Å². The van der Waals surface area contributed by atoms with Crippen molar-refractivity contribution in [3.63, 3.8) is 0 Å². The predicted octanol–water partition coefficient (Wildman–Crippen LogP) is 3.05. The maximum absolute atomic E-state index is 12.6. The van der Waals surface area contributed by atoms with Gasteiger partial charge in [-0.15, -0.1) is 0 Å². The van der Waals surface area contributed by atoms with E-state index in [9.17, 15) is 9.90 Å². The van der Waals surface area contributed by atoms with Crippen molar-refractivity contribution >= 4 is 17.4 Å². The van der Waals surface area contributed by atoms with Crippen molar-refractivity contribution in [3.05, 3.63) is 24.3 Å². The summed E-state index contributed by atoms with van der Waals surface area (Å²) in [7, 11) is 2.12. The third kappa shape index (κ3) is 3.44. The van der Waals surface area contributed by atoms with Gasteiger partial charge >= 0.3 is 6.03 Å². The summed E-state index contributed by atoms with van der Waals surface area (Å²) in [4.78, 5) is 16.6. The number of hydrogen-bond acceptors (Lipinski definition) is 3. The highest BCUT2D eigenvalue weighted by Gasteiger charge is 2.29. The molecule has 1 saturated heterocycles. The molecule has 1 aliphatic heterocycles. The summed E-state index contributed by atoms with van der Waals surface area (Å²) in [5, 5.41) is 12.5. The van der Waals surface area contributed by atoms with Crippen molar-refractivity contribution in [1.29, 1.82) is 0 Å². The average Bonchev–Trinajstić information content (AvgIpc) is 3.26. The average molecular weight is 317 g/mol. The molecular weight excluding hydrogens is 290 g/mol. The van der Waals surface area contributed by atoms with E-state index in [4.69, 9.17) is 0 Å². The molecule has 3 rings (SSSR count). The van der Waals surface area contributed by atoms with Gasteiger partial charge in [-0.3, -0.25) is 0 Å². The van der Waals surface area contributed by atoms with Gasteiger partial charge in [0.2, 0.25) is 0 Å². The molecule has 1 saturated carbocycles. The number of anilines is 2. The van der Waals surface area contributed by atoms with Crippen LogP contribution in [0.3, 0.4) is 0 Å². The first-order valence-electron chi connectivity index (χ1n) is 8.71. The lowest BCUT2D eigenvalue weighted by Crippen LogP contribution is -2.40. The number of likely N-dealkylation sites (tertiary alicyclic amines) is 1. The van der Waals surface area contributed by atoms with E-state index in [1.54, 1.807) is 4.90 Å². The molecule has 0 aromatic heterocycles. The summed E-state index contributed by atoms with van der Waals surface area (Å²) in [5.41, 5.74) is 1.93. The van der Waals surface area contributed by atoms with Gasteiger partial charge in [-0.2, -0.15) is 0 Å². The fourth-order valence-corrected chi connectivity index (χ4v) is 3.86. The van der Waals surface area contributed by atoms with Gasteiger partial charge < -0.3 is 20.2 Å². The fraction of sp³-hybridized carbons (Fsp3) is 0.611. The van der Waals surface area contributed by atoms with E-state index >= 15 is 0 Å². The number of aliphatic hydroxyl groups excluding tert-OH is 1. The summed E-state index contributed by atoms with van der Waals surface area (Å²) in [6.45, 7) is 0.759. The van der Waals surface area contributed by atoms with Crippen molar-refractivity contribution in [3.8, 4) is 0 Å². The number of nitrogens with zero attached hydrogens (tertiary/aromatic N) is 2. The van der Waals surface area contributed by atoms with Gasteiger partial charge in [0, 0.05) is 19.6 Å². The van der Waals surface area contributed by atoms with Crippen molar-refractivity contribution in [2.75, 3.05) is 30.4 Å². The molecule has 2 amide bonds. The number of para-hydroxylation sites is 2. The zero-order valence-corrected chi connectivity index (χ0v) is 13.9. The number of carbonyl (C=O) groups excluding carboxylic acids is 1. The zero-order chi connectivity index (χ0) is 16.2. The molecule has 2 aliphatic rings. The van der Waals surface area contributed by atoms with Gasteiger partial charge in [-0.25, -0.2) is 4.79 Å². The largest absolute Gasteiger partial charge is 0.394 e. The Balaban J connectivity index is 1.73. The third-order valence-electron chi connectivity index (χ3n) is 5.25. The Kier molecular flexibility index (Phi) is 5.06. The maximum Gasteiger partial charge on any atom is 0.322 e. The van der Waals surface area contributed by atoms with Crippen LogP contribution in [0.2, 0.25) is 0 Å². The van der Waals surface area contributed by atoms with Crippen molar-refractivity contribution in [1.82, 2.24) is 4.90 Å². The minimum absolute atomic E-state index is 0.0387. The highest BCUT2D eigenvalue weighted by Crippen LogP contribution is 2.32. The Labute approximate surface area is 138 Å². The second-order valence-corrected chi connectivity index (χ2v) is 6.67. The molecule has 1 aliphatic carbocycles. The first-order valence-corrected chi connectivity index (χ1v) is 8.71. The summed E-state index contributed by atoms with van der Waals surface area (Å²) < 4.78 is 0. The lowest BCUT2D eigenvalue weighted by molar-refractivity contribution is 0.166. The van der Waals surface area contributed by atoms with Crippen LogP contribution in [0, 0.1) is 0 Å². The van der Waals surface area contributed by atoms with Crippen LogP contribution in [0.25, 0.3) is 0 Å². The van der Waals surface area contributed by atoms with Crippen LogP contribution in [0.5, 0.6) is 0 Å². The molecule has 0 spiro atoms. The molecule has 5 heteroatoms. The maximum atomic E-state index is 12.6. The number of hydrogen-bond donors (Lipinski definition) is 2. The molecule has 1 aromatic rings. The third-order valence-corrected chi connectivity index (χ3v) is 5.25. The molecule has 2 fully saturated rings. The molecule has 1 atom stereocenters. The van der Waals surface area contributed by atoms with E-state index in [2.05, 4.69) is 23.3 Å². The summed E-state index contributed by atoms with van der Waals surface area (Å²) in [5.74, 6) is 0. The van der Waals surface area contributed by atoms with Crippen LogP contribution < -0.4 is 10.2 Å². The molecule has 1 unspecified atom stereocenters. The van der Waals surface area contributed by atoms with Crippen LogP contribution >= 0.6 is 0 Å². The molecule has 126 valence electrons. The Morgan fingerprint density at radius 2 is 2.00 bits per heavy atom. The molecular formula is C18H27N3O2. The Morgan fingerprint density at radius 1 is 1.26 bits per heavy atom. The van der Waals surface area contributed by atoms with Crippen LogP contribution in [0.4, 0.5) is 16.2 Å². The van der Waals surface area contributed by atoms with Crippen LogP contribution in [-0.4, -0.2) is 48.3 Å². The van der Waals surface area contributed by atoms with Gasteiger partial charge in [0.05, 0.1) is 24.0 Å². The summed E-state index contributed by atoms with van der Waals surface area (Å²) in [6, 6.07) is 8.41. The lowest BCUT2D eigenvalue weighted by Gasteiger charge is -2.30. The van der Waals surface area contributed by atoms with Gasteiger partial charge in [-0.05, 0) is 37.8 Å². The molecule has 0 bridgehead atoms. The molecule has 5 nitrogen and oxygen atoms in total. The number of aliphatic hydroxyl groups is 1. The Bertz CT molecular complexity index is 543. The number of rotatable bonds is 4. The smallest absolute Gasteiger partial charge is 0.322 e. The minimum Gasteiger partial charge on any atom is -0.394 e. The number of carbonyl (C=O) groups is 1. The standard InChI is InChI=1S/C18H27N3O2/c1-20(14-7-2-3-8-14)17-11-5-4-10-16(17)19-18(23)21-12-6-9-15(21)13-22/h4-5,10-11,14-15,22H,2-3,6-9,12-13H2,1H3,(H,19,23). The highest BCUT2D eigenvalue weighted by atomic mass is 16.3. The first kappa shape index (κ1) is 16.1. The van der Waals surface area contributed by atoms with E-state index in [1.807, 2.05) is 18.2 Å². The van der Waals surface area contributed by atoms with Gasteiger partial charge in [0.15, 0.2) is 0 Å². The minimum atomic E-state index is -0.103. The van der Waals surface area contributed by atoms with E-state index in [-0.39, 0.29) is 18.7 Å². The normalized spacial score (nSPS) is 21.7. The van der Waals surface area contributed by atoms with E-state index in [0.29, 0.717) is 6.04 Å². The predicted molar refractivity (Wildman–Crippen MR) is 92.9 cm³/mol. The molecule has 23 heavy (non-hydrogen) atoms. The Hall–Kier alpha value is -1.75.